The molecular formula is C29H49NO3. The molecule has 0 aromatic heterocycles. The van der Waals surface area contributed by atoms with Gasteiger partial charge in [-0.1, -0.05) is 46.1 Å². The lowest BCUT2D eigenvalue weighted by atomic mass is 9.56. The molecule has 0 bridgehead atoms. The molecule has 1 aliphatic heterocycles. The summed E-state index contributed by atoms with van der Waals surface area (Å²) in [6.45, 7) is 14.4. The van der Waals surface area contributed by atoms with Gasteiger partial charge < -0.3 is 14.7 Å². The van der Waals surface area contributed by atoms with E-state index in [1.54, 1.807) is 0 Å². The maximum atomic E-state index is 11.9. The standard InChI is InChI=1S/C29H49NO3/c1-20-16-26-25(13-12-22(3)29(26,32)17-27(20)33-23(4)31)21(2)18-30-15-9-14-28(5,19-30)24-10-7-6-8-11-24/h16,21-22,24-27,32H,6-15,17-19H2,1-5H3/t21?,22-,25+,26-,27-,28?,29-/m1/s1. The third kappa shape index (κ3) is 5.22. The Bertz CT molecular complexity index is 728. The molecule has 4 nitrogen and oxygen atoms in total. The monoisotopic (exact) mass is 459 g/mol. The van der Waals surface area contributed by atoms with Gasteiger partial charge in [0.2, 0.25) is 0 Å². The van der Waals surface area contributed by atoms with Crippen molar-refractivity contribution in [1.82, 2.24) is 4.90 Å². The summed E-state index contributed by atoms with van der Waals surface area (Å²) in [6.07, 6.45) is 14.7. The van der Waals surface area contributed by atoms with E-state index in [0.29, 0.717) is 23.7 Å². The molecule has 0 spiro atoms. The van der Waals surface area contributed by atoms with Gasteiger partial charge in [-0.25, -0.2) is 0 Å². The van der Waals surface area contributed by atoms with Crippen molar-refractivity contribution in [2.24, 2.45) is 35.0 Å². The second-order valence-corrected chi connectivity index (χ2v) is 12.7. The molecule has 0 aromatic rings. The molecule has 3 fully saturated rings. The van der Waals surface area contributed by atoms with Crippen molar-refractivity contribution < 1.29 is 14.6 Å². The highest BCUT2D eigenvalue weighted by Gasteiger charge is 2.53. The molecule has 2 unspecified atom stereocenters. The Hall–Kier alpha value is -0.870. The van der Waals surface area contributed by atoms with Gasteiger partial charge in [0, 0.05) is 32.4 Å². The Morgan fingerprint density at radius 1 is 1.21 bits per heavy atom. The second-order valence-electron chi connectivity index (χ2n) is 12.7. The van der Waals surface area contributed by atoms with Gasteiger partial charge in [-0.2, -0.15) is 0 Å². The fourth-order valence-electron chi connectivity index (χ4n) is 8.20. The summed E-state index contributed by atoms with van der Waals surface area (Å²) in [6, 6.07) is 0. The van der Waals surface area contributed by atoms with Gasteiger partial charge in [-0.05, 0) is 86.7 Å². The van der Waals surface area contributed by atoms with Gasteiger partial charge in [-0.3, -0.25) is 4.79 Å². The quantitative estimate of drug-likeness (QED) is 0.406. The minimum Gasteiger partial charge on any atom is -0.458 e. The molecular weight excluding hydrogens is 410 g/mol. The van der Waals surface area contributed by atoms with E-state index in [4.69, 9.17) is 4.74 Å². The molecule has 4 heteroatoms. The number of fused-ring (bicyclic) bond motifs is 1. The van der Waals surface area contributed by atoms with E-state index >= 15 is 0 Å². The number of nitrogens with zero attached hydrogens (tertiary/aromatic N) is 1. The largest absolute Gasteiger partial charge is 0.458 e. The van der Waals surface area contributed by atoms with Crippen molar-refractivity contribution in [3.8, 4) is 0 Å². The zero-order valence-electron chi connectivity index (χ0n) is 21.9. The lowest BCUT2D eigenvalue weighted by Gasteiger charge is -2.54. The van der Waals surface area contributed by atoms with Crippen LogP contribution in [0, 0.1) is 35.0 Å². The number of carbonyl (C=O) groups is 1. The highest BCUT2D eigenvalue weighted by atomic mass is 16.5. The summed E-state index contributed by atoms with van der Waals surface area (Å²) in [7, 11) is 0. The molecule has 188 valence electrons. The molecule has 1 heterocycles. The lowest BCUT2D eigenvalue weighted by Crippen LogP contribution is -2.56. The van der Waals surface area contributed by atoms with Crippen LogP contribution >= 0.6 is 0 Å². The maximum absolute atomic E-state index is 11.9. The van der Waals surface area contributed by atoms with Crippen molar-refractivity contribution >= 4 is 5.97 Å². The van der Waals surface area contributed by atoms with Crippen molar-refractivity contribution in [3.05, 3.63) is 11.6 Å². The lowest BCUT2D eigenvalue weighted by molar-refractivity contribution is -0.159. The van der Waals surface area contributed by atoms with E-state index in [1.165, 1.54) is 71.4 Å². The molecule has 1 N–H and O–H groups in total. The summed E-state index contributed by atoms with van der Waals surface area (Å²) in [5, 5.41) is 11.9. The Kier molecular flexibility index (Phi) is 7.65. The number of hydrogen-bond acceptors (Lipinski definition) is 4. The average molecular weight is 460 g/mol. The van der Waals surface area contributed by atoms with Crippen molar-refractivity contribution in [2.45, 2.75) is 111 Å². The van der Waals surface area contributed by atoms with E-state index in [-0.39, 0.29) is 23.9 Å². The Balaban J connectivity index is 1.46. The molecule has 33 heavy (non-hydrogen) atoms. The normalized spacial score (nSPS) is 41.7. The van der Waals surface area contributed by atoms with Crippen LogP contribution < -0.4 is 0 Å². The number of ether oxygens (including phenoxy) is 1. The van der Waals surface area contributed by atoms with Gasteiger partial charge in [-0.15, -0.1) is 0 Å². The van der Waals surface area contributed by atoms with E-state index in [2.05, 4.69) is 38.7 Å². The number of aliphatic hydroxyl groups is 1. The predicted molar refractivity (Wildman–Crippen MR) is 134 cm³/mol. The molecule has 4 rings (SSSR count). The van der Waals surface area contributed by atoms with E-state index in [0.717, 1.165) is 24.5 Å². The number of likely N-dealkylation sites (tertiary alicyclic amines) is 1. The number of piperidine rings is 1. The molecule has 4 aliphatic rings. The van der Waals surface area contributed by atoms with Crippen LogP contribution in [-0.4, -0.2) is 47.3 Å². The first-order valence-electron chi connectivity index (χ1n) is 13.9. The fraction of sp³-hybridized carbons (Fsp3) is 0.897. The van der Waals surface area contributed by atoms with Crippen molar-refractivity contribution in [3.63, 3.8) is 0 Å². The molecule has 0 radical (unpaired) electrons. The Labute approximate surface area is 202 Å². The van der Waals surface area contributed by atoms with E-state index in [1.807, 2.05) is 0 Å². The predicted octanol–water partition coefficient (Wildman–Crippen LogP) is 5.98. The summed E-state index contributed by atoms with van der Waals surface area (Å²) in [5.74, 6) is 2.09. The average Bonchev–Trinajstić information content (AvgIpc) is 2.76. The summed E-state index contributed by atoms with van der Waals surface area (Å²) in [4.78, 5) is 14.4. The van der Waals surface area contributed by atoms with E-state index in [9.17, 15) is 9.90 Å². The van der Waals surface area contributed by atoms with Gasteiger partial charge in [0.1, 0.15) is 6.10 Å². The van der Waals surface area contributed by atoms with Crippen molar-refractivity contribution in [1.29, 1.82) is 0 Å². The molecule has 3 aliphatic carbocycles. The molecule has 7 atom stereocenters. The highest BCUT2D eigenvalue weighted by molar-refractivity contribution is 5.66. The van der Waals surface area contributed by atoms with E-state index < -0.39 is 5.60 Å². The third-order valence-electron chi connectivity index (χ3n) is 10.3. The van der Waals surface area contributed by atoms with Gasteiger partial charge in [0.25, 0.3) is 0 Å². The Morgan fingerprint density at radius 3 is 2.64 bits per heavy atom. The first kappa shape index (κ1) is 25.2. The number of carbonyl (C=O) groups excluding carboxylic acids is 1. The van der Waals surface area contributed by atoms with Crippen LogP contribution in [0.2, 0.25) is 0 Å². The minimum atomic E-state index is -0.769. The maximum Gasteiger partial charge on any atom is 0.303 e. The van der Waals surface area contributed by atoms with Crippen LogP contribution in [0.3, 0.4) is 0 Å². The first-order valence-corrected chi connectivity index (χ1v) is 13.9. The minimum absolute atomic E-state index is 0.164. The number of hydrogen-bond donors (Lipinski definition) is 1. The summed E-state index contributed by atoms with van der Waals surface area (Å²) < 4.78 is 5.59. The molecule has 0 aromatic carbocycles. The van der Waals surface area contributed by atoms with Crippen LogP contribution in [0.5, 0.6) is 0 Å². The van der Waals surface area contributed by atoms with Gasteiger partial charge in [0.05, 0.1) is 5.60 Å². The zero-order chi connectivity index (χ0) is 23.8. The van der Waals surface area contributed by atoms with Crippen LogP contribution in [-0.2, 0) is 9.53 Å². The Morgan fingerprint density at radius 2 is 1.94 bits per heavy atom. The van der Waals surface area contributed by atoms with Gasteiger partial charge >= 0.3 is 5.97 Å². The SMILES string of the molecule is CC(=O)O[C@@H]1C[C@@]2(O)[C@H](C)CC[C@@H](C(C)CN3CCCC(C)(C4CCCCC4)C3)[C@H]2C=C1C. The van der Waals surface area contributed by atoms with Gasteiger partial charge in [0.15, 0.2) is 0 Å². The molecule has 1 saturated heterocycles. The molecule has 2 saturated carbocycles. The number of esters is 1. The highest BCUT2D eigenvalue weighted by Crippen LogP contribution is 2.52. The summed E-state index contributed by atoms with van der Waals surface area (Å²) >= 11 is 0. The summed E-state index contributed by atoms with van der Waals surface area (Å²) in [5.41, 5.74) is 0.836. The van der Waals surface area contributed by atoms with Crippen LogP contribution in [0.15, 0.2) is 11.6 Å². The van der Waals surface area contributed by atoms with Crippen molar-refractivity contribution in [2.75, 3.05) is 19.6 Å². The topological polar surface area (TPSA) is 49.8 Å². The second kappa shape index (κ2) is 10.0. The first-order chi connectivity index (χ1) is 15.6. The smallest absolute Gasteiger partial charge is 0.303 e. The zero-order valence-corrected chi connectivity index (χ0v) is 21.9. The third-order valence-corrected chi connectivity index (χ3v) is 10.3. The fourth-order valence-corrected chi connectivity index (χ4v) is 8.20. The molecule has 0 amide bonds. The van der Waals surface area contributed by atoms with Crippen LogP contribution in [0.4, 0.5) is 0 Å². The number of rotatable bonds is 5. The van der Waals surface area contributed by atoms with Crippen LogP contribution in [0.1, 0.15) is 98.8 Å². The van der Waals surface area contributed by atoms with Crippen LogP contribution in [0.25, 0.3) is 0 Å².